The Morgan fingerprint density at radius 3 is 1.17 bits per heavy atom. The number of nitrogens with zero attached hydrogens (tertiary/aromatic N) is 4. The van der Waals surface area contributed by atoms with E-state index in [0.717, 1.165) is 84.8 Å². The van der Waals surface area contributed by atoms with Crippen LogP contribution >= 0.6 is 44.3 Å². The van der Waals surface area contributed by atoms with Crippen molar-refractivity contribution in [1.29, 1.82) is 0 Å². The van der Waals surface area contributed by atoms with Crippen LogP contribution in [-0.4, -0.2) is 109 Å². The van der Waals surface area contributed by atoms with Crippen molar-refractivity contribution in [2.24, 2.45) is 5.73 Å². The molecule has 0 aromatic heterocycles. The predicted molar refractivity (Wildman–Crippen MR) is 283 cm³/mol. The lowest BCUT2D eigenvalue weighted by atomic mass is 10.1. The number of piperazine rings is 2. The van der Waals surface area contributed by atoms with E-state index in [4.69, 9.17) is 16.6 Å². The van der Waals surface area contributed by atoms with Gasteiger partial charge in [-0.1, -0.05) is 59.4 Å². The van der Waals surface area contributed by atoms with Crippen molar-refractivity contribution < 1.29 is 15.0 Å². The largest absolute Gasteiger partial charge is 0.399 e. The fourth-order valence-corrected chi connectivity index (χ4v) is 6.96. The number of hydrogen-bond acceptors (Lipinski definition) is 9. The number of urea groups is 1. The first-order valence-corrected chi connectivity index (χ1v) is 22.6. The van der Waals surface area contributed by atoms with E-state index in [1.54, 1.807) is 13.8 Å². The standard InChI is InChI=1S/C22H29BrN4O2.C16H18BrN3.C5H13NO.C2H2.2CH3B.ClH/c1-3-21(16(2)28)25-22(29)24-18-6-10-20(11-7-18)27-14-12-26(13-15-27)19-8-4-17(23)5-9-19;17-13-1-5-15(6-2-13)19-9-11-20(12-10-19)16-7-3-14(18)4-8-16;1-3-5(6)4(2)7;3*1-2;/h4-11,16,21,28H,3,12-15H2,1-2H3,(H2,24,25,29);1-8H,9-12,18H2;4-5,7H,3,6H2,1-2H3;1-2H;2*1H3;1H/t16-,21-;;4-,5-;;;;/m0.0..../s1. The zero-order chi connectivity index (χ0) is 46.6. The van der Waals surface area contributed by atoms with Crippen LogP contribution in [-0.2, 0) is 0 Å². The number of nitrogens with one attached hydrogen (secondary N) is 2. The van der Waals surface area contributed by atoms with E-state index in [-0.39, 0.29) is 36.6 Å². The first-order chi connectivity index (χ1) is 29.9. The average molecular weight is 1010 g/mol. The molecule has 4 aromatic carbocycles. The summed E-state index contributed by atoms with van der Waals surface area (Å²) in [5.74, 6) is 0. The fraction of sp³-hybridized carbons (Fsp3) is 0.426. The SMILES string of the molecule is C#C.CC[C@H](N)[C@H](C)O.CC[C@H](NC(=O)Nc1ccc(N2CCN(c3ccc(Br)cc3)CC2)cc1)[C@H](C)O.Cl.Nc1ccc(N2CCN(c3ccc(Br)cc3)CC2)cc1.[B]C.[B]C. The second kappa shape index (κ2) is 33.5. The number of terminal acetylenes is 1. The summed E-state index contributed by atoms with van der Waals surface area (Å²) in [5, 5.41) is 24.0. The molecule has 4 aromatic rings. The Morgan fingerprint density at radius 2 is 0.921 bits per heavy atom. The topological polar surface area (TPSA) is 147 Å². The molecule has 2 aliphatic rings. The van der Waals surface area contributed by atoms with E-state index in [9.17, 15) is 9.90 Å². The molecule has 2 heterocycles. The first kappa shape index (κ1) is 59.0. The van der Waals surface area contributed by atoms with Crippen LogP contribution in [0.25, 0.3) is 0 Å². The van der Waals surface area contributed by atoms with Crippen LogP contribution in [0.5, 0.6) is 0 Å². The Morgan fingerprint density at radius 1 is 0.619 bits per heavy atom. The van der Waals surface area contributed by atoms with E-state index in [1.807, 2.05) is 50.2 Å². The van der Waals surface area contributed by atoms with Crippen molar-refractivity contribution in [3.05, 3.63) is 106 Å². The second-order valence-electron chi connectivity index (χ2n) is 14.2. The number of anilines is 6. The molecule has 11 nitrogen and oxygen atoms in total. The van der Waals surface area contributed by atoms with Crippen LogP contribution < -0.4 is 41.7 Å². The molecule has 63 heavy (non-hydrogen) atoms. The Labute approximate surface area is 404 Å². The van der Waals surface area contributed by atoms with Gasteiger partial charge in [0.15, 0.2) is 0 Å². The van der Waals surface area contributed by atoms with Crippen molar-refractivity contribution in [3.63, 3.8) is 0 Å². The van der Waals surface area contributed by atoms with Gasteiger partial charge in [0.25, 0.3) is 0 Å². The number of nitrogen functional groups attached to an aromatic ring is 1. The van der Waals surface area contributed by atoms with E-state index in [1.165, 1.54) is 30.7 Å². The molecule has 0 unspecified atom stereocenters. The molecule has 4 radical (unpaired) electrons. The number of aliphatic hydroxyl groups excluding tert-OH is 2. The van der Waals surface area contributed by atoms with Crippen LogP contribution in [0.4, 0.5) is 38.9 Å². The lowest BCUT2D eigenvalue weighted by Gasteiger charge is -2.37. The van der Waals surface area contributed by atoms with Crippen molar-refractivity contribution in [1.82, 2.24) is 5.32 Å². The molecule has 4 atom stereocenters. The summed E-state index contributed by atoms with van der Waals surface area (Å²) in [6.45, 7) is 18.3. The minimum atomic E-state index is -0.579. The molecule has 6 rings (SSSR count). The molecular weight excluding hydrogens is 941 g/mol. The summed E-state index contributed by atoms with van der Waals surface area (Å²) in [6, 6.07) is 32.4. The van der Waals surface area contributed by atoms with Crippen molar-refractivity contribution in [3.8, 4) is 12.8 Å². The van der Waals surface area contributed by atoms with E-state index in [2.05, 4.69) is 151 Å². The highest BCUT2D eigenvalue weighted by molar-refractivity contribution is 9.10. The van der Waals surface area contributed by atoms with Gasteiger partial charge in [-0.05, 0) is 124 Å². The normalized spacial score (nSPS) is 14.7. The number of hydrogen-bond donors (Lipinski definition) is 6. The maximum Gasteiger partial charge on any atom is 0.319 e. The number of carbonyl (C=O) groups is 1. The van der Waals surface area contributed by atoms with Gasteiger partial charge in [0.2, 0.25) is 0 Å². The van der Waals surface area contributed by atoms with Gasteiger partial charge in [0.05, 0.1) is 33.9 Å². The highest BCUT2D eigenvalue weighted by atomic mass is 79.9. The van der Waals surface area contributed by atoms with Crippen molar-refractivity contribution in [2.75, 3.05) is 83.0 Å². The maximum absolute atomic E-state index is 12.1. The minimum Gasteiger partial charge on any atom is -0.399 e. The Hall–Kier alpha value is -4.03. The molecule has 0 spiro atoms. The van der Waals surface area contributed by atoms with Crippen LogP contribution in [0.2, 0.25) is 13.6 Å². The van der Waals surface area contributed by atoms with E-state index >= 15 is 0 Å². The quantitative estimate of drug-likeness (QED) is 0.0523. The molecule has 0 bridgehead atoms. The van der Waals surface area contributed by atoms with Gasteiger partial charge in [-0.25, -0.2) is 4.79 Å². The monoisotopic (exact) mass is 1010 g/mol. The van der Waals surface area contributed by atoms with Crippen molar-refractivity contribution >= 4 is 100 Å². The fourth-order valence-electron chi connectivity index (χ4n) is 6.43. The molecule has 2 saturated heterocycles. The zero-order valence-electron chi connectivity index (χ0n) is 37.8. The third-order valence-electron chi connectivity index (χ3n) is 10.1. The molecular formula is C47H69B2Br2ClN8O3. The number of amides is 2. The maximum atomic E-state index is 12.1. The van der Waals surface area contributed by atoms with Gasteiger partial charge >= 0.3 is 6.03 Å². The first-order valence-electron chi connectivity index (χ1n) is 21.0. The molecule has 8 N–H and O–H groups in total. The van der Waals surface area contributed by atoms with E-state index < -0.39 is 6.10 Å². The van der Waals surface area contributed by atoms with Crippen LogP contribution in [0.15, 0.2) is 106 Å². The number of rotatable bonds is 10. The Balaban J connectivity index is 0.000000979. The molecule has 2 fully saturated rings. The molecule has 16 heteroatoms. The summed E-state index contributed by atoms with van der Waals surface area (Å²) in [7, 11) is 9.00. The van der Waals surface area contributed by atoms with Gasteiger partial charge in [-0.15, -0.1) is 25.3 Å². The van der Waals surface area contributed by atoms with Crippen LogP contribution in [0.1, 0.15) is 40.5 Å². The number of nitrogens with two attached hydrogens (primary N) is 2. The van der Waals surface area contributed by atoms with Gasteiger partial charge in [-0.3, -0.25) is 0 Å². The summed E-state index contributed by atoms with van der Waals surface area (Å²) >= 11 is 6.96. The average Bonchev–Trinajstić information content (AvgIpc) is 3.31. The molecule has 0 saturated carbocycles. The molecule has 342 valence electrons. The summed E-state index contributed by atoms with van der Waals surface area (Å²) in [5.41, 5.74) is 17.6. The lowest BCUT2D eigenvalue weighted by Crippen LogP contribution is -2.46. The summed E-state index contributed by atoms with van der Waals surface area (Å²) in [4.78, 5) is 21.7. The number of halogens is 3. The summed E-state index contributed by atoms with van der Waals surface area (Å²) in [6.07, 6.45) is 8.59. The van der Waals surface area contributed by atoms with Gasteiger partial charge in [-0.2, -0.15) is 0 Å². The number of benzene rings is 4. The molecule has 2 amide bonds. The van der Waals surface area contributed by atoms with Gasteiger partial charge < -0.3 is 51.9 Å². The second-order valence-corrected chi connectivity index (χ2v) is 16.0. The van der Waals surface area contributed by atoms with Gasteiger partial charge in [0.1, 0.15) is 0 Å². The third-order valence-corrected chi connectivity index (χ3v) is 11.2. The number of carbonyl (C=O) groups excluding carboxylic acids is 1. The highest BCUT2D eigenvalue weighted by Gasteiger charge is 2.20. The summed E-state index contributed by atoms with van der Waals surface area (Å²) < 4.78 is 2.22. The Bertz CT molecular complexity index is 1730. The van der Waals surface area contributed by atoms with Crippen molar-refractivity contribution in [2.45, 2.75) is 78.5 Å². The molecule has 2 aliphatic heterocycles. The zero-order valence-corrected chi connectivity index (χ0v) is 41.8. The Kier molecular flexibility index (Phi) is 31.3. The third kappa shape index (κ3) is 21.5. The van der Waals surface area contributed by atoms with Crippen LogP contribution in [0.3, 0.4) is 0 Å². The van der Waals surface area contributed by atoms with Crippen LogP contribution in [0, 0.1) is 12.8 Å². The smallest absolute Gasteiger partial charge is 0.319 e. The van der Waals surface area contributed by atoms with Gasteiger partial charge in [0, 0.05) is 101 Å². The molecule has 0 aliphatic carbocycles. The number of aliphatic hydroxyl groups is 2. The minimum absolute atomic E-state index is 0. The highest BCUT2D eigenvalue weighted by Crippen LogP contribution is 2.25. The predicted octanol–water partition coefficient (Wildman–Crippen LogP) is 8.60. The lowest BCUT2D eigenvalue weighted by molar-refractivity contribution is 0.145. The van der Waals surface area contributed by atoms with E-state index in [0.29, 0.717) is 6.42 Å².